The smallest absolute Gasteiger partial charge is 0.332 e. The Labute approximate surface area is 204 Å². The standard InChI is InChI=1S/C26H34FN2O2S2/c1-26(24-6-3-15-33-24,28-10-16-32-17-11-28)25(30)31-23-19-29(13-8-21(23)9-14-29)12-7-20-4-2-5-22(27)18-20/h2-6,15,18,21,23H,7-14,16-17,19H2,1H3/q+1/t21?,23-,26?,29?/m0/s1. The van der Waals surface area contributed by atoms with Gasteiger partial charge in [0, 0.05) is 54.7 Å². The molecule has 0 radical (unpaired) electrons. The largest absolute Gasteiger partial charge is 0.454 e. The van der Waals surface area contributed by atoms with Crippen molar-refractivity contribution in [2.45, 2.75) is 37.8 Å². The van der Waals surface area contributed by atoms with E-state index in [1.807, 2.05) is 23.9 Å². The molecule has 0 saturated carbocycles. The Balaban J connectivity index is 1.30. The predicted octanol–water partition coefficient (Wildman–Crippen LogP) is 4.55. The maximum absolute atomic E-state index is 13.8. The van der Waals surface area contributed by atoms with Crippen LogP contribution in [0.1, 0.15) is 30.2 Å². The zero-order chi connectivity index (χ0) is 22.9. The molecule has 178 valence electrons. The molecule has 0 N–H and O–H groups in total. The third kappa shape index (κ3) is 4.75. The van der Waals surface area contributed by atoms with Crippen molar-refractivity contribution in [2.75, 3.05) is 50.8 Å². The lowest BCUT2D eigenvalue weighted by Gasteiger charge is -2.52. The van der Waals surface area contributed by atoms with Gasteiger partial charge in [-0.1, -0.05) is 18.2 Å². The topological polar surface area (TPSA) is 29.5 Å². The van der Waals surface area contributed by atoms with Gasteiger partial charge in [0.2, 0.25) is 0 Å². The van der Waals surface area contributed by atoms with Crippen LogP contribution in [0.5, 0.6) is 0 Å². The number of hydrogen-bond acceptors (Lipinski definition) is 5. The van der Waals surface area contributed by atoms with Gasteiger partial charge in [-0.25, -0.2) is 9.18 Å². The minimum atomic E-state index is -0.715. The number of thiophene rings is 1. The van der Waals surface area contributed by atoms with E-state index in [0.717, 1.165) is 85.0 Å². The second kappa shape index (κ2) is 9.68. The molecule has 1 aromatic heterocycles. The molecule has 1 aromatic carbocycles. The highest BCUT2D eigenvalue weighted by atomic mass is 32.2. The monoisotopic (exact) mass is 489 g/mol. The van der Waals surface area contributed by atoms with Gasteiger partial charge >= 0.3 is 5.97 Å². The second-order valence-electron chi connectivity index (χ2n) is 10.0. The van der Waals surface area contributed by atoms with Gasteiger partial charge in [-0.15, -0.1) is 11.3 Å². The molecule has 1 unspecified atom stereocenters. The summed E-state index contributed by atoms with van der Waals surface area (Å²) in [6, 6.07) is 11.1. The number of ether oxygens (including phenoxy) is 1. The third-order valence-corrected chi connectivity index (χ3v) is 10.1. The van der Waals surface area contributed by atoms with Crippen LogP contribution < -0.4 is 0 Å². The van der Waals surface area contributed by atoms with E-state index in [0.29, 0.717) is 5.92 Å². The SMILES string of the molecule is CC(C(=O)O[C@H]1C[N+]2(CCc3cccc(F)c3)CCC1CC2)(c1cccs1)N1CCSCC1. The van der Waals surface area contributed by atoms with E-state index in [4.69, 9.17) is 4.74 Å². The lowest BCUT2D eigenvalue weighted by atomic mass is 9.82. The molecule has 4 aliphatic rings. The Morgan fingerprint density at radius 1 is 1.21 bits per heavy atom. The van der Waals surface area contributed by atoms with Gasteiger partial charge in [-0.3, -0.25) is 4.90 Å². The number of thioether (sulfide) groups is 1. The summed E-state index contributed by atoms with van der Waals surface area (Å²) < 4.78 is 21.0. The zero-order valence-corrected chi connectivity index (χ0v) is 21.0. The van der Waals surface area contributed by atoms with Crippen molar-refractivity contribution < 1.29 is 18.4 Å². The van der Waals surface area contributed by atoms with Crippen LogP contribution in [0.2, 0.25) is 0 Å². The molecule has 0 spiro atoms. The minimum absolute atomic E-state index is 0.0223. The number of piperidine rings is 3. The lowest BCUT2D eigenvalue weighted by molar-refractivity contribution is -0.946. The normalized spacial score (nSPS) is 29.5. The second-order valence-corrected chi connectivity index (χ2v) is 12.2. The molecule has 2 aromatic rings. The number of carbonyl (C=O) groups excluding carboxylic acids is 1. The minimum Gasteiger partial charge on any atom is -0.454 e. The molecule has 4 saturated heterocycles. The van der Waals surface area contributed by atoms with Crippen molar-refractivity contribution in [1.29, 1.82) is 0 Å². The van der Waals surface area contributed by atoms with E-state index in [9.17, 15) is 9.18 Å². The molecule has 33 heavy (non-hydrogen) atoms. The molecule has 6 rings (SSSR count). The Morgan fingerprint density at radius 3 is 2.70 bits per heavy atom. The molecule has 2 atom stereocenters. The summed E-state index contributed by atoms with van der Waals surface area (Å²) in [7, 11) is 0. The van der Waals surface area contributed by atoms with Gasteiger partial charge in [0.25, 0.3) is 0 Å². The van der Waals surface area contributed by atoms with E-state index in [2.05, 4.69) is 23.3 Å². The highest BCUT2D eigenvalue weighted by Crippen LogP contribution is 2.39. The van der Waals surface area contributed by atoms with Crippen molar-refractivity contribution in [3.05, 3.63) is 58.0 Å². The first-order valence-electron chi connectivity index (χ1n) is 12.2. The first-order valence-corrected chi connectivity index (χ1v) is 14.2. The Morgan fingerprint density at radius 2 is 2.00 bits per heavy atom. The fraction of sp³-hybridized carbons (Fsp3) is 0.577. The van der Waals surface area contributed by atoms with Crippen LogP contribution in [0.4, 0.5) is 4.39 Å². The van der Waals surface area contributed by atoms with Gasteiger partial charge in [-0.2, -0.15) is 11.8 Å². The molecule has 5 heterocycles. The summed E-state index contributed by atoms with van der Waals surface area (Å²) in [5.74, 6) is 2.33. The van der Waals surface area contributed by atoms with Crippen LogP contribution >= 0.6 is 23.1 Å². The van der Waals surface area contributed by atoms with Gasteiger partial charge in [0.15, 0.2) is 11.6 Å². The van der Waals surface area contributed by atoms with Crippen LogP contribution in [0.3, 0.4) is 0 Å². The molecular formula is C26H34FN2O2S2+. The molecule has 4 fully saturated rings. The van der Waals surface area contributed by atoms with Crippen LogP contribution in [-0.4, -0.2) is 72.2 Å². The van der Waals surface area contributed by atoms with Crippen LogP contribution in [-0.2, 0) is 21.5 Å². The number of halogens is 1. The van der Waals surface area contributed by atoms with Gasteiger partial charge in [0.1, 0.15) is 12.4 Å². The average molecular weight is 490 g/mol. The summed E-state index contributed by atoms with van der Waals surface area (Å²) in [5.41, 5.74) is 0.338. The number of hydrogen-bond donors (Lipinski definition) is 0. The first kappa shape index (κ1) is 23.3. The Hall–Kier alpha value is -1.41. The van der Waals surface area contributed by atoms with Crippen molar-refractivity contribution in [3.63, 3.8) is 0 Å². The first-order chi connectivity index (χ1) is 16.0. The third-order valence-electron chi connectivity index (χ3n) is 8.11. The van der Waals surface area contributed by atoms with Crippen molar-refractivity contribution in [3.8, 4) is 0 Å². The number of fused-ring (bicyclic) bond motifs is 3. The summed E-state index contributed by atoms with van der Waals surface area (Å²) in [4.78, 5) is 17.2. The Bertz CT molecular complexity index is 955. The average Bonchev–Trinajstić information content (AvgIpc) is 3.39. The molecule has 4 nitrogen and oxygen atoms in total. The number of nitrogens with zero attached hydrogens (tertiary/aromatic N) is 2. The zero-order valence-electron chi connectivity index (χ0n) is 19.4. The highest BCUT2D eigenvalue weighted by molar-refractivity contribution is 7.99. The fourth-order valence-electron chi connectivity index (χ4n) is 5.93. The van der Waals surface area contributed by atoms with E-state index < -0.39 is 5.54 Å². The number of benzene rings is 1. The van der Waals surface area contributed by atoms with Crippen LogP contribution in [0, 0.1) is 11.7 Å². The summed E-state index contributed by atoms with van der Waals surface area (Å²) in [6.07, 6.45) is 3.06. The highest BCUT2D eigenvalue weighted by Gasteiger charge is 2.51. The van der Waals surface area contributed by atoms with Gasteiger partial charge < -0.3 is 9.22 Å². The van der Waals surface area contributed by atoms with Gasteiger partial charge in [-0.05, 0) is 36.1 Å². The van der Waals surface area contributed by atoms with Crippen LogP contribution in [0.25, 0.3) is 0 Å². The van der Waals surface area contributed by atoms with E-state index in [1.54, 1.807) is 23.5 Å². The van der Waals surface area contributed by atoms with E-state index in [1.165, 1.54) is 6.07 Å². The maximum Gasteiger partial charge on any atom is 0.332 e. The fourth-order valence-corrected chi connectivity index (χ4v) is 7.74. The molecule has 2 bridgehead atoms. The number of carbonyl (C=O) groups is 1. The summed E-state index contributed by atoms with van der Waals surface area (Å²) in [6.45, 7) is 8.04. The number of quaternary nitrogens is 1. The maximum atomic E-state index is 13.8. The van der Waals surface area contributed by atoms with Crippen molar-refractivity contribution >= 4 is 29.1 Å². The molecular weight excluding hydrogens is 455 g/mol. The van der Waals surface area contributed by atoms with Gasteiger partial charge in [0.05, 0.1) is 19.6 Å². The Kier molecular flexibility index (Phi) is 6.85. The van der Waals surface area contributed by atoms with E-state index in [-0.39, 0.29) is 17.9 Å². The quantitative estimate of drug-likeness (QED) is 0.422. The van der Waals surface area contributed by atoms with Crippen LogP contribution in [0.15, 0.2) is 41.8 Å². The lowest BCUT2D eigenvalue weighted by Crippen LogP contribution is -2.65. The summed E-state index contributed by atoms with van der Waals surface area (Å²) >= 11 is 3.61. The molecule has 0 amide bonds. The molecule has 4 aliphatic heterocycles. The van der Waals surface area contributed by atoms with E-state index >= 15 is 0 Å². The molecule has 0 aliphatic carbocycles. The number of esters is 1. The number of rotatable bonds is 7. The van der Waals surface area contributed by atoms with Crippen molar-refractivity contribution in [2.24, 2.45) is 5.92 Å². The molecule has 7 heteroatoms. The van der Waals surface area contributed by atoms with Crippen molar-refractivity contribution in [1.82, 2.24) is 4.90 Å². The summed E-state index contributed by atoms with van der Waals surface area (Å²) in [5, 5.41) is 2.06. The predicted molar refractivity (Wildman–Crippen MR) is 133 cm³/mol.